The van der Waals surface area contributed by atoms with Crippen LogP contribution in [0.4, 0.5) is 5.82 Å². The smallest absolute Gasteiger partial charge is 0.231 e. The van der Waals surface area contributed by atoms with Crippen LogP contribution >= 0.6 is 11.3 Å². The van der Waals surface area contributed by atoms with Gasteiger partial charge in [-0.2, -0.15) is 4.98 Å². The van der Waals surface area contributed by atoms with Crippen LogP contribution in [0.1, 0.15) is 35.4 Å². The summed E-state index contributed by atoms with van der Waals surface area (Å²) in [6, 6.07) is 2.18. The quantitative estimate of drug-likeness (QED) is 0.693. The summed E-state index contributed by atoms with van der Waals surface area (Å²) in [7, 11) is 1.68. The maximum Gasteiger partial charge on any atom is 0.231 e. The highest BCUT2D eigenvalue weighted by molar-refractivity contribution is 7.18. The summed E-state index contributed by atoms with van der Waals surface area (Å²) in [4.78, 5) is 18.1. The predicted octanol–water partition coefficient (Wildman–Crippen LogP) is 2.96. The fourth-order valence-corrected chi connectivity index (χ4v) is 4.16. The summed E-state index contributed by atoms with van der Waals surface area (Å²) in [5.74, 6) is 2.69. The van der Waals surface area contributed by atoms with Crippen molar-refractivity contribution < 1.29 is 9.26 Å². The molecule has 1 aliphatic rings. The van der Waals surface area contributed by atoms with Gasteiger partial charge in [0.25, 0.3) is 0 Å². The molecule has 25 heavy (non-hydrogen) atoms. The zero-order chi connectivity index (χ0) is 17.2. The van der Waals surface area contributed by atoms with Crippen LogP contribution in [0.5, 0.6) is 0 Å². The Morgan fingerprint density at radius 2 is 2.32 bits per heavy atom. The maximum atomic E-state index is 5.50. The molecule has 0 saturated carbocycles. The number of aryl methyl sites for hydroxylation is 1. The molecule has 3 aromatic heterocycles. The largest absolute Gasteiger partial charge is 0.384 e. The van der Waals surface area contributed by atoms with Crippen molar-refractivity contribution in [3.63, 3.8) is 0 Å². The molecule has 0 unspecified atom stereocenters. The van der Waals surface area contributed by atoms with Gasteiger partial charge in [0.15, 0.2) is 5.82 Å². The van der Waals surface area contributed by atoms with Crippen molar-refractivity contribution in [3.8, 4) is 0 Å². The number of fused-ring (bicyclic) bond motifs is 1. The number of hydrogen-bond acceptors (Lipinski definition) is 8. The number of ether oxygens (including phenoxy) is 1. The van der Waals surface area contributed by atoms with E-state index < -0.39 is 0 Å². The molecule has 7 nitrogen and oxygen atoms in total. The van der Waals surface area contributed by atoms with Gasteiger partial charge in [-0.1, -0.05) is 5.16 Å². The number of piperidine rings is 1. The van der Waals surface area contributed by atoms with Crippen LogP contribution in [-0.2, 0) is 11.2 Å². The van der Waals surface area contributed by atoms with Crippen molar-refractivity contribution in [2.75, 3.05) is 31.7 Å². The zero-order valence-corrected chi connectivity index (χ0v) is 15.3. The first-order chi connectivity index (χ1) is 12.2. The zero-order valence-electron chi connectivity index (χ0n) is 14.4. The molecule has 8 heteroatoms. The highest BCUT2D eigenvalue weighted by atomic mass is 32.1. The molecule has 0 aromatic carbocycles. The Labute approximate surface area is 150 Å². The summed E-state index contributed by atoms with van der Waals surface area (Å²) in [6.45, 7) is 4.54. The third-order valence-corrected chi connectivity index (χ3v) is 5.47. The Morgan fingerprint density at radius 1 is 1.40 bits per heavy atom. The van der Waals surface area contributed by atoms with Gasteiger partial charge < -0.3 is 14.2 Å². The number of aromatic nitrogens is 4. The van der Waals surface area contributed by atoms with Crippen molar-refractivity contribution in [1.29, 1.82) is 0 Å². The first kappa shape index (κ1) is 16.4. The molecule has 0 N–H and O–H groups in total. The lowest BCUT2D eigenvalue weighted by atomic mass is 9.98. The van der Waals surface area contributed by atoms with E-state index in [0.29, 0.717) is 18.9 Å². The average molecular weight is 359 g/mol. The van der Waals surface area contributed by atoms with E-state index in [-0.39, 0.29) is 5.92 Å². The van der Waals surface area contributed by atoms with E-state index >= 15 is 0 Å². The number of anilines is 1. The minimum Gasteiger partial charge on any atom is -0.384 e. The van der Waals surface area contributed by atoms with Gasteiger partial charge >= 0.3 is 0 Å². The number of hydrogen-bond donors (Lipinski definition) is 0. The van der Waals surface area contributed by atoms with Gasteiger partial charge in [0.1, 0.15) is 17.0 Å². The monoisotopic (exact) mass is 359 g/mol. The standard InChI is InChI=1S/C17H21N5O2S/c1-11-8-13-15(18-10-19-17(13)25-11)22-6-3-4-12(9-22)16-20-14(21-24-16)5-7-23-2/h8,10,12H,3-7,9H2,1-2H3/t12-/m1/s1. The molecule has 1 aliphatic heterocycles. The molecule has 3 aromatic rings. The minimum absolute atomic E-state index is 0.238. The van der Waals surface area contributed by atoms with Gasteiger partial charge in [-0.3, -0.25) is 0 Å². The summed E-state index contributed by atoms with van der Waals surface area (Å²) in [6.07, 6.45) is 4.47. The minimum atomic E-state index is 0.238. The van der Waals surface area contributed by atoms with Crippen molar-refractivity contribution in [1.82, 2.24) is 20.1 Å². The first-order valence-electron chi connectivity index (χ1n) is 8.52. The van der Waals surface area contributed by atoms with Gasteiger partial charge in [-0.15, -0.1) is 11.3 Å². The second-order valence-electron chi connectivity index (χ2n) is 6.35. The van der Waals surface area contributed by atoms with Gasteiger partial charge in [0.2, 0.25) is 5.89 Å². The molecule has 1 atom stereocenters. The second kappa shape index (κ2) is 7.05. The maximum absolute atomic E-state index is 5.50. The van der Waals surface area contributed by atoms with Crippen molar-refractivity contribution >= 4 is 27.4 Å². The SMILES string of the molecule is COCCc1noc([C@@H]2CCCN(c3ncnc4sc(C)cc34)C2)n1. The molecule has 4 rings (SSSR count). The highest BCUT2D eigenvalue weighted by Gasteiger charge is 2.27. The Hall–Kier alpha value is -2.06. The number of nitrogens with zero attached hydrogens (tertiary/aromatic N) is 5. The van der Waals surface area contributed by atoms with E-state index in [9.17, 15) is 0 Å². The number of methoxy groups -OCH3 is 1. The van der Waals surface area contributed by atoms with Crippen LogP contribution in [-0.4, -0.2) is 46.9 Å². The lowest BCUT2D eigenvalue weighted by molar-refractivity contribution is 0.199. The van der Waals surface area contributed by atoms with Crippen LogP contribution in [0.3, 0.4) is 0 Å². The predicted molar refractivity (Wildman–Crippen MR) is 96.2 cm³/mol. The fourth-order valence-electron chi connectivity index (χ4n) is 3.31. The summed E-state index contributed by atoms with van der Waals surface area (Å²) < 4.78 is 10.6. The Kier molecular flexibility index (Phi) is 4.63. The lowest BCUT2D eigenvalue weighted by Crippen LogP contribution is -2.35. The summed E-state index contributed by atoms with van der Waals surface area (Å²) >= 11 is 1.71. The van der Waals surface area contributed by atoms with Crippen LogP contribution < -0.4 is 4.90 Å². The Bertz CT molecular complexity index is 862. The molecule has 0 spiro atoms. The van der Waals surface area contributed by atoms with Crippen molar-refractivity contribution in [2.24, 2.45) is 0 Å². The molecule has 1 fully saturated rings. The van der Waals surface area contributed by atoms with Crippen molar-refractivity contribution in [2.45, 2.75) is 32.1 Å². The molecule has 0 aliphatic carbocycles. The Balaban J connectivity index is 1.55. The number of thiophene rings is 1. The van der Waals surface area contributed by atoms with E-state index in [1.54, 1.807) is 24.8 Å². The van der Waals surface area contributed by atoms with Crippen LogP contribution in [0.2, 0.25) is 0 Å². The molecule has 0 radical (unpaired) electrons. The molecular formula is C17H21N5O2S. The lowest BCUT2D eigenvalue weighted by Gasteiger charge is -2.32. The molecule has 0 bridgehead atoms. The van der Waals surface area contributed by atoms with Crippen LogP contribution in [0.25, 0.3) is 10.2 Å². The molecule has 132 valence electrons. The van der Waals surface area contributed by atoms with Crippen LogP contribution in [0, 0.1) is 6.92 Å². The van der Waals surface area contributed by atoms with E-state index in [2.05, 4.69) is 38.0 Å². The summed E-state index contributed by atoms with van der Waals surface area (Å²) in [5.41, 5.74) is 0. The van der Waals surface area contributed by atoms with Crippen LogP contribution in [0.15, 0.2) is 16.9 Å². The molecule has 1 saturated heterocycles. The van der Waals surface area contributed by atoms with E-state index in [1.165, 1.54) is 4.88 Å². The second-order valence-corrected chi connectivity index (χ2v) is 7.58. The number of rotatable bonds is 5. The van der Waals surface area contributed by atoms with Gasteiger partial charge in [-0.25, -0.2) is 9.97 Å². The fraction of sp³-hybridized carbons (Fsp3) is 0.529. The topological polar surface area (TPSA) is 77.2 Å². The van der Waals surface area contributed by atoms with Crippen molar-refractivity contribution in [3.05, 3.63) is 29.0 Å². The van der Waals surface area contributed by atoms with Gasteiger partial charge in [-0.05, 0) is 25.8 Å². The first-order valence-corrected chi connectivity index (χ1v) is 9.33. The highest BCUT2D eigenvalue weighted by Crippen LogP contribution is 2.34. The Morgan fingerprint density at radius 3 is 3.20 bits per heavy atom. The normalized spacial score (nSPS) is 18.2. The molecular weight excluding hydrogens is 338 g/mol. The summed E-state index contributed by atoms with van der Waals surface area (Å²) in [5, 5.41) is 5.21. The van der Waals surface area contributed by atoms with E-state index in [0.717, 1.165) is 47.9 Å². The molecule has 4 heterocycles. The van der Waals surface area contributed by atoms with Gasteiger partial charge in [0.05, 0.1) is 17.9 Å². The third-order valence-electron chi connectivity index (χ3n) is 4.52. The average Bonchev–Trinajstić information content (AvgIpc) is 3.25. The molecule has 0 amide bonds. The third kappa shape index (κ3) is 3.36. The van der Waals surface area contributed by atoms with E-state index in [4.69, 9.17) is 9.26 Å². The van der Waals surface area contributed by atoms with E-state index in [1.807, 2.05) is 0 Å². The van der Waals surface area contributed by atoms with Gasteiger partial charge in [0, 0.05) is 31.5 Å².